The quantitative estimate of drug-likeness (QED) is 0.352. The van der Waals surface area contributed by atoms with E-state index in [9.17, 15) is 4.79 Å². The Bertz CT molecular complexity index is 981. The number of rotatable bonds is 7. The zero-order chi connectivity index (χ0) is 19.1. The van der Waals surface area contributed by atoms with Crippen molar-refractivity contribution in [3.8, 4) is 11.8 Å². The summed E-state index contributed by atoms with van der Waals surface area (Å²) in [5.74, 6) is 0.599. The van der Waals surface area contributed by atoms with E-state index < -0.39 is 0 Å². The van der Waals surface area contributed by atoms with E-state index in [0.717, 1.165) is 5.56 Å². The number of Topliss-reactive ketones (excluding diaryl/α,β-unsaturated/α-hetero) is 1. The zero-order valence-corrected chi connectivity index (χ0v) is 15.6. The van der Waals surface area contributed by atoms with Gasteiger partial charge in [-0.25, -0.2) is 9.97 Å². The molecule has 0 N–H and O–H groups in total. The average Bonchev–Trinajstić information content (AvgIpc) is 2.73. The van der Waals surface area contributed by atoms with Crippen molar-refractivity contribution in [1.29, 1.82) is 5.26 Å². The summed E-state index contributed by atoms with van der Waals surface area (Å²) in [5.41, 5.74) is 2.84. The molecule has 0 aliphatic rings. The molecule has 0 radical (unpaired) electrons. The summed E-state index contributed by atoms with van der Waals surface area (Å²) in [6.45, 7) is 0.367. The molecule has 27 heavy (non-hydrogen) atoms. The molecule has 134 valence electrons. The third-order valence-electron chi connectivity index (χ3n) is 3.86. The smallest absolute Gasteiger partial charge is 0.187 e. The summed E-state index contributed by atoms with van der Waals surface area (Å²) in [6.07, 6.45) is 3.78. The van der Waals surface area contributed by atoms with Crippen molar-refractivity contribution in [2.45, 2.75) is 18.2 Å². The zero-order valence-electron chi connectivity index (χ0n) is 14.8. The van der Waals surface area contributed by atoms with Crippen LogP contribution in [0.4, 0.5) is 0 Å². The van der Waals surface area contributed by atoms with Gasteiger partial charge in [-0.2, -0.15) is 5.26 Å². The summed E-state index contributed by atoms with van der Waals surface area (Å²) in [6, 6.07) is 18.2. The molecule has 0 atom stereocenters. The largest absolute Gasteiger partial charge is 0.489 e. The Balaban J connectivity index is 1.65. The lowest BCUT2D eigenvalue weighted by Gasteiger charge is -2.08. The maximum atomic E-state index is 12.6. The molecule has 0 saturated heterocycles. The van der Waals surface area contributed by atoms with Crippen LogP contribution in [0.1, 0.15) is 27.2 Å². The fourth-order valence-corrected chi connectivity index (χ4v) is 2.82. The predicted octanol–water partition coefficient (Wildman–Crippen LogP) is 4.07. The highest BCUT2D eigenvalue weighted by molar-refractivity contribution is 7.98. The number of ether oxygens (including phenoxy) is 1. The molecule has 0 amide bonds. The first-order valence-electron chi connectivity index (χ1n) is 8.29. The van der Waals surface area contributed by atoms with Gasteiger partial charge in [0.25, 0.3) is 0 Å². The molecule has 0 aliphatic carbocycles. The second kappa shape index (κ2) is 8.97. The van der Waals surface area contributed by atoms with Gasteiger partial charge in [-0.15, -0.1) is 0 Å². The van der Waals surface area contributed by atoms with E-state index in [1.54, 1.807) is 42.6 Å². The molecule has 0 aliphatic heterocycles. The number of nitriles is 1. The van der Waals surface area contributed by atoms with E-state index in [0.29, 0.717) is 34.3 Å². The number of hydrogen-bond acceptors (Lipinski definition) is 6. The van der Waals surface area contributed by atoms with E-state index in [2.05, 4.69) is 16.0 Å². The third kappa shape index (κ3) is 5.16. The predicted molar refractivity (Wildman–Crippen MR) is 104 cm³/mol. The van der Waals surface area contributed by atoms with Gasteiger partial charge in [0.05, 0.1) is 23.7 Å². The summed E-state index contributed by atoms with van der Waals surface area (Å²) in [4.78, 5) is 21.0. The maximum Gasteiger partial charge on any atom is 0.187 e. The fraction of sp³-hybridized carbons (Fsp3) is 0.143. The molecule has 1 heterocycles. The lowest BCUT2D eigenvalue weighted by molar-refractivity contribution is 0.0991. The molecule has 2 aromatic carbocycles. The van der Waals surface area contributed by atoms with Gasteiger partial charge in [-0.1, -0.05) is 36.0 Å². The Kier molecular flexibility index (Phi) is 6.18. The first-order valence-corrected chi connectivity index (χ1v) is 9.51. The van der Waals surface area contributed by atoms with Crippen LogP contribution in [0.25, 0.3) is 0 Å². The van der Waals surface area contributed by atoms with Crippen molar-refractivity contribution >= 4 is 17.5 Å². The number of carbonyl (C=O) groups is 1. The number of aromatic nitrogens is 2. The van der Waals surface area contributed by atoms with Crippen LogP contribution in [-0.2, 0) is 13.0 Å². The standard InChI is InChI=1S/C21H17N3O2S/c1-27-21-23-10-9-18(24-21)12-20(25)17-3-2-4-19(11-17)26-14-16-7-5-15(13-22)6-8-16/h2-11H,12,14H2,1H3. The molecule has 0 unspecified atom stereocenters. The minimum absolute atomic E-state index is 0.0235. The van der Waals surface area contributed by atoms with Gasteiger partial charge in [0.1, 0.15) is 12.4 Å². The lowest BCUT2D eigenvalue weighted by atomic mass is 10.1. The minimum Gasteiger partial charge on any atom is -0.489 e. The van der Waals surface area contributed by atoms with Crippen molar-refractivity contribution < 1.29 is 9.53 Å². The normalized spacial score (nSPS) is 10.2. The highest BCUT2D eigenvalue weighted by atomic mass is 32.2. The SMILES string of the molecule is CSc1nccc(CC(=O)c2cccc(OCc3ccc(C#N)cc3)c2)n1. The van der Waals surface area contributed by atoms with Crippen LogP contribution in [0.15, 0.2) is 66.0 Å². The van der Waals surface area contributed by atoms with Crippen LogP contribution in [0, 0.1) is 11.3 Å². The molecule has 1 aromatic heterocycles. The minimum atomic E-state index is -0.0235. The summed E-state index contributed by atoms with van der Waals surface area (Å²) < 4.78 is 5.78. The summed E-state index contributed by atoms with van der Waals surface area (Å²) in [7, 11) is 0. The van der Waals surface area contributed by atoms with E-state index in [4.69, 9.17) is 10.00 Å². The first kappa shape index (κ1) is 18.6. The topological polar surface area (TPSA) is 75.9 Å². The molecular formula is C21H17N3O2S. The third-order valence-corrected chi connectivity index (χ3v) is 4.42. The monoisotopic (exact) mass is 375 g/mol. The van der Waals surface area contributed by atoms with Crippen LogP contribution in [0.5, 0.6) is 5.75 Å². The first-order chi connectivity index (χ1) is 13.2. The number of carbonyl (C=O) groups excluding carboxylic acids is 1. The maximum absolute atomic E-state index is 12.6. The van der Waals surface area contributed by atoms with Crippen molar-refractivity contribution in [2.24, 2.45) is 0 Å². The van der Waals surface area contributed by atoms with Gasteiger partial charge >= 0.3 is 0 Å². The van der Waals surface area contributed by atoms with E-state index >= 15 is 0 Å². The molecule has 0 bridgehead atoms. The Hall–Kier alpha value is -3.17. The summed E-state index contributed by atoms with van der Waals surface area (Å²) >= 11 is 1.44. The number of benzene rings is 2. The number of hydrogen-bond donors (Lipinski definition) is 0. The van der Waals surface area contributed by atoms with Gasteiger partial charge < -0.3 is 4.74 Å². The molecular weight excluding hydrogens is 358 g/mol. The Morgan fingerprint density at radius 2 is 2.00 bits per heavy atom. The average molecular weight is 375 g/mol. The highest BCUT2D eigenvalue weighted by Crippen LogP contribution is 2.17. The second-order valence-corrected chi connectivity index (χ2v) is 6.53. The van der Waals surface area contributed by atoms with Crippen molar-refractivity contribution in [2.75, 3.05) is 6.26 Å². The van der Waals surface area contributed by atoms with E-state index in [1.807, 2.05) is 24.5 Å². The Morgan fingerprint density at radius 1 is 1.19 bits per heavy atom. The van der Waals surface area contributed by atoms with Gasteiger partial charge in [-0.3, -0.25) is 4.79 Å². The van der Waals surface area contributed by atoms with Crippen LogP contribution < -0.4 is 4.74 Å². The molecule has 0 spiro atoms. The van der Waals surface area contributed by atoms with Crippen molar-refractivity contribution in [3.05, 3.63) is 83.2 Å². The fourth-order valence-electron chi connectivity index (χ4n) is 2.44. The van der Waals surface area contributed by atoms with Gasteiger partial charge in [-0.05, 0) is 42.2 Å². The van der Waals surface area contributed by atoms with Crippen molar-refractivity contribution in [3.63, 3.8) is 0 Å². The molecule has 6 heteroatoms. The van der Waals surface area contributed by atoms with Gasteiger partial charge in [0, 0.05) is 11.8 Å². The number of nitrogens with zero attached hydrogens (tertiary/aromatic N) is 3. The van der Waals surface area contributed by atoms with Crippen molar-refractivity contribution in [1.82, 2.24) is 9.97 Å². The molecule has 0 saturated carbocycles. The van der Waals surface area contributed by atoms with Crippen LogP contribution in [0.3, 0.4) is 0 Å². The van der Waals surface area contributed by atoms with Crippen LogP contribution in [0.2, 0.25) is 0 Å². The van der Waals surface area contributed by atoms with E-state index in [1.165, 1.54) is 11.8 Å². The summed E-state index contributed by atoms with van der Waals surface area (Å²) in [5, 5.41) is 9.48. The number of ketones is 1. The highest BCUT2D eigenvalue weighted by Gasteiger charge is 2.10. The molecule has 5 nitrogen and oxygen atoms in total. The number of thioether (sulfide) groups is 1. The van der Waals surface area contributed by atoms with Crippen LogP contribution >= 0.6 is 11.8 Å². The van der Waals surface area contributed by atoms with Gasteiger partial charge in [0.15, 0.2) is 10.9 Å². The molecule has 3 rings (SSSR count). The van der Waals surface area contributed by atoms with E-state index in [-0.39, 0.29) is 12.2 Å². The van der Waals surface area contributed by atoms with Crippen LogP contribution in [-0.4, -0.2) is 22.0 Å². The van der Waals surface area contributed by atoms with Gasteiger partial charge in [0.2, 0.25) is 0 Å². The molecule has 3 aromatic rings. The molecule has 0 fully saturated rings. The lowest BCUT2D eigenvalue weighted by Crippen LogP contribution is -2.06. The second-order valence-electron chi connectivity index (χ2n) is 5.76. The Labute approximate surface area is 162 Å². The Morgan fingerprint density at radius 3 is 2.74 bits per heavy atom.